The summed E-state index contributed by atoms with van der Waals surface area (Å²) >= 11 is 19.4. The molecule has 3 aromatic rings. The minimum Gasteiger partial charge on any atom is -0.326 e. The normalized spacial score (nSPS) is 15.4. The highest BCUT2D eigenvalue weighted by atomic mass is 35.5. The second kappa shape index (κ2) is 11.9. The summed E-state index contributed by atoms with van der Waals surface area (Å²) in [6.07, 6.45) is 0.315. The molecule has 0 bridgehead atoms. The molecule has 12 heteroatoms. The third-order valence-corrected chi connectivity index (χ3v) is 7.74. The first kappa shape index (κ1) is 28.2. The van der Waals surface area contributed by atoms with Gasteiger partial charge in [-0.2, -0.15) is 0 Å². The van der Waals surface area contributed by atoms with Crippen molar-refractivity contribution in [2.24, 2.45) is 5.92 Å². The number of carbonyl (C=O) groups is 3. The number of benzene rings is 3. The van der Waals surface area contributed by atoms with Gasteiger partial charge in [0.2, 0.25) is 11.8 Å². The van der Waals surface area contributed by atoms with Crippen LogP contribution in [0.3, 0.4) is 0 Å². The van der Waals surface area contributed by atoms with E-state index in [0.717, 1.165) is 17.0 Å². The van der Waals surface area contributed by atoms with Crippen LogP contribution in [0.2, 0.25) is 5.02 Å². The van der Waals surface area contributed by atoms with E-state index in [4.69, 9.17) is 34.8 Å². The van der Waals surface area contributed by atoms with Gasteiger partial charge in [0.25, 0.3) is 5.91 Å². The van der Waals surface area contributed by atoms with E-state index in [1.54, 1.807) is 0 Å². The Hall–Kier alpha value is -2.85. The van der Waals surface area contributed by atoms with Gasteiger partial charge in [-0.15, -0.1) is 35.0 Å². The Bertz CT molecular complexity index is 1390. The molecule has 3 N–H and O–H groups in total. The lowest BCUT2D eigenvalue weighted by molar-refractivity contribution is -0.117. The van der Waals surface area contributed by atoms with Gasteiger partial charge in [0.05, 0.1) is 22.2 Å². The summed E-state index contributed by atoms with van der Waals surface area (Å²) in [5, 5.41) is 7.19. The number of anilines is 3. The van der Waals surface area contributed by atoms with Crippen molar-refractivity contribution in [2.75, 3.05) is 21.7 Å². The second-order valence-electron chi connectivity index (χ2n) is 8.40. The quantitative estimate of drug-likeness (QED) is 0.181. The van der Waals surface area contributed by atoms with Crippen LogP contribution in [-0.4, -0.2) is 27.8 Å². The lowest BCUT2D eigenvalue weighted by Gasteiger charge is -2.13. The summed E-state index contributed by atoms with van der Waals surface area (Å²) in [4.78, 5) is 38.4. The molecule has 1 unspecified atom stereocenters. The maximum atomic E-state index is 15.1. The Morgan fingerprint density at radius 3 is 2.37 bits per heavy atom. The highest BCUT2D eigenvalue weighted by molar-refractivity contribution is 7.99. The monoisotopic (exact) mass is 597 g/mol. The predicted molar refractivity (Wildman–Crippen MR) is 147 cm³/mol. The summed E-state index contributed by atoms with van der Waals surface area (Å²) in [5.41, 5.74) is -0.875. The topological polar surface area (TPSA) is 87.3 Å². The van der Waals surface area contributed by atoms with Gasteiger partial charge in [-0.3, -0.25) is 14.4 Å². The molecule has 3 aromatic carbocycles. The molecule has 0 aromatic heterocycles. The van der Waals surface area contributed by atoms with Gasteiger partial charge in [-0.05, 0) is 48.9 Å². The van der Waals surface area contributed by atoms with E-state index >= 15 is 4.39 Å². The van der Waals surface area contributed by atoms with Crippen LogP contribution in [0.1, 0.15) is 23.2 Å². The highest BCUT2D eigenvalue weighted by Gasteiger charge is 2.56. The lowest BCUT2D eigenvalue weighted by atomic mass is 10.1. The molecule has 198 valence electrons. The zero-order chi connectivity index (χ0) is 27.4. The molecule has 1 saturated carbocycles. The smallest absolute Gasteiger partial charge is 0.257 e. The van der Waals surface area contributed by atoms with E-state index in [0.29, 0.717) is 12.2 Å². The number of alkyl halides is 2. The number of halogens is 5. The third kappa shape index (κ3) is 6.96. The molecule has 38 heavy (non-hydrogen) atoms. The first-order valence-corrected chi connectivity index (χ1v) is 13.4. The first-order chi connectivity index (χ1) is 18.0. The van der Waals surface area contributed by atoms with Gasteiger partial charge >= 0.3 is 0 Å². The molecule has 0 aliphatic heterocycles. The Labute approximate surface area is 236 Å². The maximum absolute atomic E-state index is 15.1. The van der Waals surface area contributed by atoms with E-state index in [1.807, 2.05) is 30.3 Å². The van der Waals surface area contributed by atoms with Crippen molar-refractivity contribution < 1.29 is 23.2 Å². The Morgan fingerprint density at radius 1 is 0.974 bits per heavy atom. The van der Waals surface area contributed by atoms with Gasteiger partial charge in [0.15, 0.2) is 5.82 Å². The fourth-order valence-corrected chi connectivity index (χ4v) is 5.02. The molecule has 0 spiro atoms. The Morgan fingerprint density at radius 2 is 1.68 bits per heavy atom. The van der Waals surface area contributed by atoms with E-state index in [9.17, 15) is 18.8 Å². The zero-order valence-corrected chi connectivity index (χ0v) is 22.6. The van der Waals surface area contributed by atoms with Crippen molar-refractivity contribution in [2.45, 2.75) is 22.1 Å². The summed E-state index contributed by atoms with van der Waals surface area (Å²) in [5.74, 6) is -4.16. The van der Waals surface area contributed by atoms with Crippen LogP contribution in [0.25, 0.3) is 0 Å². The van der Waals surface area contributed by atoms with E-state index < -0.39 is 45.3 Å². The maximum Gasteiger partial charge on any atom is 0.257 e. The standard InChI is InChI=1S/C26H20Cl3F2N3O3S/c27-18-7-6-14(32-25(37)17-13-26(17,28)29)12-16(18)24(36)33-20-9-8-19(30)23(22(20)31)34-21(35)10-11-38-15-4-2-1-3-5-15/h1-9,12,17H,10-11,13H2,(H,32,37)(H,33,36)(H,34,35). The molecular formula is C26H20Cl3F2N3O3S. The number of carbonyl (C=O) groups excluding carboxylic acids is 3. The van der Waals surface area contributed by atoms with E-state index in [1.165, 1.54) is 30.0 Å². The fraction of sp³-hybridized carbons (Fsp3) is 0.192. The second-order valence-corrected chi connectivity index (χ2v) is 11.5. The summed E-state index contributed by atoms with van der Waals surface area (Å²) in [6.45, 7) is 0. The lowest BCUT2D eigenvalue weighted by Crippen LogP contribution is -2.19. The molecule has 0 radical (unpaired) electrons. The van der Waals surface area contributed by atoms with Crippen LogP contribution in [-0.2, 0) is 9.59 Å². The number of thioether (sulfide) groups is 1. The van der Waals surface area contributed by atoms with Crippen LogP contribution in [0, 0.1) is 17.6 Å². The average Bonchev–Trinajstić information content (AvgIpc) is 3.53. The number of rotatable bonds is 9. The molecule has 0 saturated heterocycles. The van der Waals surface area contributed by atoms with Gasteiger partial charge < -0.3 is 16.0 Å². The summed E-state index contributed by atoms with van der Waals surface area (Å²) < 4.78 is 28.3. The SMILES string of the molecule is O=C(CCSc1ccccc1)Nc1c(F)ccc(NC(=O)c2cc(NC(=O)C3CC3(Cl)Cl)ccc2Cl)c1F. The average molecular weight is 599 g/mol. The Kier molecular flexibility index (Phi) is 8.82. The molecule has 3 amide bonds. The van der Waals surface area contributed by atoms with Crippen LogP contribution in [0.15, 0.2) is 65.6 Å². The number of nitrogens with one attached hydrogen (secondary N) is 3. The van der Waals surface area contributed by atoms with Gasteiger partial charge in [0, 0.05) is 22.8 Å². The van der Waals surface area contributed by atoms with Crippen molar-refractivity contribution in [1.82, 2.24) is 0 Å². The van der Waals surface area contributed by atoms with E-state index in [2.05, 4.69) is 16.0 Å². The van der Waals surface area contributed by atoms with E-state index in [-0.39, 0.29) is 28.4 Å². The highest BCUT2D eigenvalue weighted by Crippen LogP contribution is 2.53. The van der Waals surface area contributed by atoms with Crippen LogP contribution >= 0.6 is 46.6 Å². The number of hydrogen-bond donors (Lipinski definition) is 3. The molecule has 1 aliphatic rings. The first-order valence-electron chi connectivity index (χ1n) is 11.3. The largest absolute Gasteiger partial charge is 0.326 e. The van der Waals surface area contributed by atoms with Gasteiger partial charge in [-0.1, -0.05) is 29.8 Å². The molecule has 1 atom stereocenters. The van der Waals surface area contributed by atoms with Crippen molar-refractivity contribution in [1.29, 1.82) is 0 Å². The minimum atomic E-state index is -1.16. The summed E-state index contributed by atoms with van der Waals surface area (Å²) in [7, 11) is 0. The Balaban J connectivity index is 1.41. The van der Waals surface area contributed by atoms with Crippen molar-refractivity contribution in [3.8, 4) is 0 Å². The van der Waals surface area contributed by atoms with Crippen molar-refractivity contribution >= 4 is 81.3 Å². The molecular weight excluding hydrogens is 579 g/mol. The zero-order valence-electron chi connectivity index (χ0n) is 19.5. The molecule has 1 aliphatic carbocycles. The third-order valence-electron chi connectivity index (χ3n) is 5.57. The minimum absolute atomic E-state index is 0.0125. The summed E-state index contributed by atoms with van der Waals surface area (Å²) in [6, 6.07) is 15.5. The van der Waals surface area contributed by atoms with Crippen LogP contribution in [0.5, 0.6) is 0 Å². The predicted octanol–water partition coefficient (Wildman–Crippen LogP) is 7.12. The van der Waals surface area contributed by atoms with Crippen molar-refractivity contribution in [3.05, 3.63) is 82.9 Å². The van der Waals surface area contributed by atoms with Crippen LogP contribution < -0.4 is 16.0 Å². The number of hydrogen-bond acceptors (Lipinski definition) is 4. The van der Waals surface area contributed by atoms with Crippen LogP contribution in [0.4, 0.5) is 25.8 Å². The fourth-order valence-electron chi connectivity index (χ4n) is 3.44. The molecule has 4 rings (SSSR count). The van der Waals surface area contributed by atoms with Gasteiger partial charge in [-0.25, -0.2) is 8.78 Å². The molecule has 1 fully saturated rings. The van der Waals surface area contributed by atoms with Crippen molar-refractivity contribution in [3.63, 3.8) is 0 Å². The molecule has 0 heterocycles. The van der Waals surface area contributed by atoms with Gasteiger partial charge in [0.1, 0.15) is 15.8 Å². The number of amides is 3. The molecule has 6 nitrogen and oxygen atoms in total.